The van der Waals surface area contributed by atoms with E-state index in [2.05, 4.69) is 9.24 Å². The van der Waals surface area contributed by atoms with Gasteiger partial charge in [0.15, 0.2) is 0 Å². The Bertz CT molecular complexity index is 215. The van der Waals surface area contributed by atoms with Crippen molar-refractivity contribution in [1.82, 2.24) is 0 Å². The summed E-state index contributed by atoms with van der Waals surface area (Å²) in [5.74, 6) is 0. The van der Waals surface area contributed by atoms with Gasteiger partial charge in [-0.3, -0.25) is 0 Å². The normalized spacial score (nSPS) is 9.46. The van der Waals surface area contributed by atoms with Gasteiger partial charge in [-0.15, -0.1) is 9.24 Å². The van der Waals surface area contributed by atoms with Crippen molar-refractivity contribution < 1.29 is 29.8 Å². The van der Waals surface area contributed by atoms with E-state index in [1.807, 2.05) is 30.3 Å². The average Bonchev–Trinajstić information content (AvgIpc) is 1.87. The van der Waals surface area contributed by atoms with Crippen molar-refractivity contribution in [2.75, 3.05) is 6.26 Å². The van der Waals surface area contributed by atoms with Crippen LogP contribution >= 0.6 is 9.24 Å². The summed E-state index contributed by atoms with van der Waals surface area (Å²) in [6, 6.07) is 10.1. The minimum atomic E-state index is -1.61. The summed E-state index contributed by atoms with van der Waals surface area (Å²) >= 11 is -1.61. The molecule has 0 amide bonds. The van der Waals surface area contributed by atoms with Crippen molar-refractivity contribution >= 4 is 25.6 Å². The largest absolute Gasteiger partial charge is 0.358 e. The van der Waals surface area contributed by atoms with Crippen LogP contribution < -0.4 is 5.30 Å². The van der Waals surface area contributed by atoms with E-state index in [1.54, 1.807) is 0 Å². The molecule has 0 radical (unpaired) electrons. The molecule has 1 aromatic carbocycles. The maximum atomic E-state index is 9.11. The van der Waals surface area contributed by atoms with Crippen molar-refractivity contribution in [2.45, 2.75) is 0 Å². The fourth-order valence-corrected chi connectivity index (χ4v) is 0.675. The van der Waals surface area contributed by atoms with Crippen LogP contribution in [0.1, 0.15) is 0 Å². The SMILES string of the molecule is CS(=O)O.Pc1ccccc1.[CH3-].[W]. The van der Waals surface area contributed by atoms with Crippen LogP contribution in [0.5, 0.6) is 0 Å². The third-order valence-electron chi connectivity index (χ3n) is 0.800. The molecular formula is C8H14O2PSW-. The molecule has 2 nitrogen and oxygen atoms in total. The molecule has 76 valence electrons. The Morgan fingerprint density at radius 1 is 1.31 bits per heavy atom. The molecule has 2 atom stereocenters. The first-order valence-electron chi connectivity index (χ1n) is 2.96. The molecule has 0 saturated carbocycles. The van der Waals surface area contributed by atoms with E-state index in [1.165, 1.54) is 11.6 Å². The topological polar surface area (TPSA) is 37.3 Å². The van der Waals surface area contributed by atoms with Crippen molar-refractivity contribution in [3.05, 3.63) is 37.8 Å². The molecule has 0 aliphatic rings. The first kappa shape index (κ1) is 19.1. The van der Waals surface area contributed by atoms with Crippen LogP contribution in [0.4, 0.5) is 0 Å². The third-order valence-corrected chi connectivity index (χ3v) is 1.18. The maximum Gasteiger partial charge on any atom is 0.149 e. The predicted molar refractivity (Wildman–Crippen MR) is 58.9 cm³/mol. The van der Waals surface area contributed by atoms with E-state index in [0.29, 0.717) is 0 Å². The third kappa shape index (κ3) is 19.0. The van der Waals surface area contributed by atoms with Crippen LogP contribution in [0.2, 0.25) is 0 Å². The Hall–Kier alpha value is 0.448. The molecular weight excluding hydrogens is 375 g/mol. The number of hydrogen-bond acceptors (Lipinski definition) is 1. The zero-order valence-corrected chi connectivity index (χ0v) is 12.5. The van der Waals surface area contributed by atoms with Gasteiger partial charge in [0.2, 0.25) is 0 Å². The Labute approximate surface area is 99.3 Å². The fraction of sp³-hybridized carbons (Fsp3) is 0.125. The summed E-state index contributed by atoms with van der Waals surface area (Å²) in [5, 5.41) is 1.24. The minimum Gasteiger partial charge on any atom is -0.358 e. The van der Waals surface area contributed by atoms with Gasteiger partial charge in [-0.2, -0.15) is 0 Å². The summed E-state index contributed by atoms with van der Waals surface area (Å²) in [6.45, 7) is 0. The zero-order chi connectivity index (χ0) is 8.69. The van der Waals surface area contributed by atoms with E-state index in [4.69, 9.17) is 8.76 Å². The van der Waals surface area contributed by atoms with Gasteiger partial charge in [-0.1, -0.05) is 30.3 Å². The van der Waals surface area contributed by atoms with E-state index >= 15 is 0 Å². The summed E-state index contributed by atoms with van der Waals surface area (Å²) < 4.78 is 16.6. The second-order valence-corrected chi connectivity index (χ2v) is 3.35. The molecule has 0 aromatic heterocycles. The number of hydrogen-bond donors (Lipinski definition) is 1. The second-order valence-electron chi connectivity index (χ2n) is 1.83. The molecule has 0 fully saturated rings. The molecule has 13 heavy (non-hydrogen) atoms. The van der Waals surface area contributed by atoms with Gasteiger partial charge in [-0.25, -0.2) is 4.21 Å². The Morgan fingerprint density at radius 3 is 1.77 bits per heavy atom. The smallest absolute Gasteiger partial charge is 0.149 e. The van der Waals surface area contributed by atoms with Gasteiger partial charge in [0.05, 0.1) is 0 Å². The average molecular weight is 389 g/mol. The van der Waals surface area contributed by atoms with Crippen LogP contribution in [0.3, 0.4) is 0 Å². The van der Waals surface area contributed by atoms with E-state index in [9.17, 15) is 0 Å². The van der Waals surface area contributed by atoms with E-state index < -0.39 is 11.1 Å². The Kier molecular flexibility index (Phi) is 18.3. The summed E-state index contributed by atoms with van der Waals surface area (Å²) in [6.07, 6.45) is 1.19. The van der Waals surface area contributed by atoms with Gasteiger partial charge in [0.25, 0.3) is 0 Å². The number of rotatable bonds is 0. The van der Waals surface area contributed by atoms with Crippen LogP contribution in [0.25, 0.3) is 0 Å². The Morgan fingerprint density at radius 2 is 1.62 bits per heavy atom. The van der Waals surface area contributed by atoms with Crippen LogP contribution in [0.15, 0.2) is 30.3 Å². The molecule has 0 saturated heterocycles. The quantitative estimate of drug-likeness (QED) is 0.415. The molecule has 1 N–H and O–H groups in total. The van der Waals surface area contributed by atoms with Gasteiger partial charge >= 0.3 is 0 Å². The van der Waals surface area contributed by atoms with Crippen molar-refractivity contribution in [3.8, 4) is 0 Å². The first-order chi connectivity index (χ1) is 5.13. The van der Waals surface area contributed by atoms with Gasteiger partial charge in [0.1, 0.15) is 11.1 Å². The second kappa shape index (κ2) is 12.4. The van der Waals surface area contributed by atoms with Crippen molar-refractivity contribution in [3.63, 3.8) is 0 Å². The minimum absolute atomic E-state index is 0. The molecule has 1 rings (SSSR count). The monoisotopic (exact) mass is 389 g/mol. The predicted octanol–water partition coefficient (Wildman–Crippen LogP) is 1.47. The molecule has 2 unspecified atom stereocenters. The molecule has 0 spiro atoms. The van der Waals surface area contributed by atoms with Crippen molar-refractivity contribution in [1.29, 1.82) is 0 Å². The summed E-state index contributed by atoms with van der Waals surface area (Å²) in [4.78, 5) is 0. The molecule has 0 heterocycles. The molecule has 0 aliphatic heterocycles. The van der Waals surface area contributed by atoms with E-state index in [-0.39, 0.29) is 28.5 Å². The van der Waals surface area contributed by atoms with Gasteiger partial charge in [-0.05, 0) is 5.30 Å². The Balaban J connectivity index is -0.000000150. The van der Waals surface area contributed by atoms with Crippen molar-refractivity contribution in [2.24, 2.45) is 0 Å². The van der Waals surface area contributed by atoms with Gasteiger partial charge in [0, 0.05) is 27.3 Å². The summed E-state index contributed by atoms with van der Waals surface area (Å²) in [5.41, 5.74) is 0. The molecule has 5 heteroatoms. The van der Waals surface area contributed by atoms with Crippen LogP contribution in [-0.4, -0.2) is 15.0 Å². The van der Waals surface area contributed by atoms with Crippen LogP contribution in [0, 0.1) is 7.43 Å². The molecule has 0 aliphatic carbocycles. The summed E-state index contributed by atoms with van der Waals surface area (Å²) in [7, 11) is 2.63. The standard InChI is InChI=1S/C6H7P.CH4O2S.CH3.W/c7-6-4-2-1-3-5-6;1-4(2)3;;/h1-5H,7H2;1H3,(H,2,3);1H3;/q;;-1;. The number of benzene rings is 1. The molecule has 0 bridgehead atoms. The van der Waals surface area contributed by atoms with E-state index in [0.717, 1.165) is 0 Å². The first-order valence-corrected chi connectivity index (χ1v) is 5.05. The van der Waals surface area contributed by atoms with Gasteiger partial charge < -0.3 is 12.0 Å². The zero-order valence-electron chi connectivity index (χ0n) is 7.64. The fourth-order valence-electron chi connectivity index (χ4n) is 0.453. The molecule has 1 aromatic rings. The maximum absolute atomic E-state index is 9.11. The van der Waals surface area contributed by atoms with Crippen LogP contribution in [-0.2, 0) is 32.1 Å².